The van der Waals surface area contributed by atoms with Crippen LogP contribution in [0.5, 0.6) is 0 Å². The molecule has 1 saturated heterocycles. The van der Waals surface area contributed by atoms with E-state index in [1.165, 1.54) is 12.1 Å². The zero-order chi connectivity index (χ0) is 16.2. The Kier molecular flexibility index (Phi) is 4.29. The van der Waals surface area contributed by atoms with E-state index in [9.17, 15) is 10.1 Å². The van der Waals surface area contributed by atoms with Crippen molar-refractivity contribution in [3.05, 3.63) is 34.6 Å². The Hall–Kier alpha value is -2.81. The molecular formula is C14H15N5O4. The molecule has 0 radical (unpaired) electrons. The minimum atomic E-state index is -0.603. The van der Waals surface area contributed by atoms with Gasteiger partial charge in [-0.1, -0.05) is 0 Å². The molecule has 0 bridgehead atoms. The van der Waals surface area contributed by atoms with Gasteiger partial charge in [-0.2, -0.15) is 0 Å². The molecule has 0 amide bonds. The lowest BCUT2D eigenvalue weighted by atomic mass is 10.4. The third-order valence-electron chi connectivity index (χ3n) is 3.39. The fraction of sp³-hybridized carbons (Fsp3) is 0.357. The van der Waals surface area contributed by atoms with Crippen molar-refractivity contribution in [2.75, 3.05) is 26.3 Å². The van der Waals surface area contributed by atoms with Crippen molar-refractivity contribution in [1.29, 1.82) is 0 Å². The summed E-state index contributed by atoms with van der Waals surface area (Å²) in [6, 6.07) is 2.74. The molecule has 0 aliphatic carbocycles. The summed E-state index contributed by atoms with van der Waals surface area (Å²) in [5.41, 5.74) is 0.610. The van der Waals surface area contributed by atoms with E-state index in [0.717, 1.165) is 18.9 Å². The monoisotopic (exact) mass is 317 g/mol. The number of morpholine rings is 1. The molecule has 2 aromatic rings. The molecule has 0 saturated carbocycles. The average Bonchev–Trinajstić information content (AvgIpc) is 3.07. The van der Waals surface area contributed by atoms with Gasteiger partial charge < -0.3 is 14.1 Å². The van der Waals surface area contributed by atoms with Gasteiger partial charge in [0.2, 0.25) is 0 Å². The molecule has 0 unspecified atom stereocenters. The molecule has 9 nitrogen and oxygen atoms in total. The van der Waals surface area contributed by atoms with Crippen LogP contribution in [0.4, 0.5) is 11.6 Å². The summed E-state index contributed by atoms with van der Waals surface area (Å²) in [5, 5.41) is 10.6. The van der Waals surface area contributed by atoms with Crippen LogP contribution in [0.3, 0.4) is 0 Å². The molecule has 9 heteroatoms. The Morgan fingerprint density at radius 2 is 2.00 bits per heavy atom. The van der Waals surface area contributed by atoms with Gasteiger partial charge in [-0.15, -0.1) is 0 Å². The largest absolute Gasteiger partial charge is 0.433 e. The van der Waals surface area contributed by atoms with Crippen molar-refractivity contribution >= 4 is 17.4 Å². The molecule has 1 fully saturated rings. The van der Waals surface area contributed by atoms with Gasteiger partial charge in [-0.3, -0.25) is 10.1 Å². The molecule has 120 valence electrons. The van der Waals surface area contributed by atoms with Crippen LogP contribution in [0.25, 0.3) is 11.6 Å². The summed E-state index contributed by atoms with van der Waals surface area (Å²) in [4.78, 5) is 24.9. The highest BCUT2D eigenvalue weighted by molar-refractivity contribution is 5.82. The number of amidine groups is 1. The van der Waals surface area contributed by atoms with Crippen molar-refractivity contribution in [1.82, 2.24) is 14.9 Å². The normalized spacial score (nSPS) is 15.7. The van der Waals surface area contributed by atoms with E-state index in [1.807, 2.05) is 6.92 Å². The van der Waals surface area contributed by atoms with Crippen molar-refractivity contribution in [3.8, 4) is 11.6 Å². The van der Waals surface area contributed by atoms with Crippen LogP contribution in [0.15, 0.2) is 33.9 Å². The summed E-state index contributed by atoms with van der Waals surface area (Å²) < 4.78 is 10.4. The number of hydrogen-bond donors (Lipinski definition) is 0. The van der Waals surface area contributed by atoms with Gasteiger partial charge in [-0.25, -0.2) is 15.0 Å². The van der Waals surface area contributed by atoms with E-state index in [-0.39, 0.29) is 17.5 Å². The number of ether oxygens (including phenoxy) is 1. The Bertz CT molecular complexity index is 719. The van der Waals surface area contributed by atoms with Gasteiger partial charge in [0.05, 0.1) is 31.7 Å². The predicted octanol–water partition coefficient (Wildman–Crippen LogP) is 2.03. The van der Waals surface area contributed by atoms with Crippen molar-refractivity contribution < 1.29 is 14.1 Å². The molecule has 0 aromatic carbocycles. The summed E-state index contributed by atoms with van der Waals surface area (Å²) in [6.45, 7) is 4.93. The number of hydrogen-bond acceptors (Lipinski definition) is 7. The van der Waals surface area contributed by atoms with E-state index in [4.69, 9.17) is 9.15 Å². The second-order valence-electron chi connectivity index (χ2n) is 4.92. The summed E-state index contributed by atoms with van der Waals surface area (Å²) >= 11 is 0. The summed E-state index contributed by atoms with van der Waals surface area (Å²) in [6.07, 6.45) is 3.11. The second-order valence-corrected chi connectivity index (χ2v) is 4.92. The van der Waals surface area contributed by atoms with Crippen molar-refractivity contribution in [3.63, 3.8) is 0 Å². The highest BCUT2D eigenvalue weighted by Gasteiger charge is 2.15. The third kappa shape index (κ3) is 3.51. The Morgan fingerprint density at radius 1 is 1.30 bits per heavy atom. The smallest absolute Gasteiger partial charge is 0.397 e. The van der Waals surface area contributed by atoms with E-state index in [2.05, 4.69) is 19.9 Å². The first-order valence-corrected chi connectivity index (χ1v) is 7.08. The maximum atomic E-state index is 10.6. The molecule has 0 atom stereocenters. The van der Waals surface area contributed by atoms with Crippen LogP contribution in [0, 0.1) is 10.1 Å². The third-order valence-corrected chi connectivity index (χ3v) is 3.39. The van der Waals surface area contributed by atoms with Gasteiger partial charge >= 0.3 is 5.88 Å². The van der Waals surface area contributed by atoms with Crippen LogP contribution in [-0.4, -0.2) is 51.9 Å². The van der Waals surface area contributed by atoms with E-state index in [1.54, 1.807) is 12.4 Å². The van der Waals surface area contributed by atoms with Gasteiger partial charge in [-0.05, 0) is 13.0 Å². The van der Waals surface area contributed by atoms with Crippen LogP contribution >= 0.6 is 0 Å². The second kappa shape index (κ2) is 6.53. The minimum Gasteiger partial charge on any atom is -0.397 e. The zero-order valence-corrected chi connectivity index (χ0v) is 12.5. The molecule has 0 spiro atoms. The zero-order valence-electron chi connectivity index (χ0n) is 12.5. The molecule has 2 aromatic heterocycles. The summed E-state index contributed by atoms with van der Waals surface area (Å²) in [7, 11) is 0. The van der Waals surface area contributed by atoms with Crippen LogP contribution in [0.1, 0.15) is 6.92 Å². The highest BCUT2D eigenvalue weighted by Crippen LogP contribution is 2.23. The fourth-order valence-corrected chi connectivity index (χ4v) is 2.20. The van der Waals surface area contributed by atoms with Crippen LogP contribution in [-0.2, 0) is 4.74 Å². The first-order valence-electron chi connectivity index (χ1n) is 7.08. The molecule has 3 rings (SSSR count). The number of aliphatic imine (C=N–C) groups is 1. The lowest BCUT2D eigenvalue weighted by molar-refractivity contribution is -0.401. The fourth-order valence-electron chi connectivity index (χ4n) is 2.20. The first kappa shape index (κ1) is 15.1. The van der Waals surface area contributed by atoms with E-state index < -0.39 is 4.92 Å². The van der Waals surface area contributed by atoms with Gasteiger partial charge in [0.15, 0.2) is 11.6 Å². The predicted molar refractivity (Wildman–Crippen MR) is 81.5 cm³/mol. The minimum absolute atomic E-state index is 0.247. The Morgan fingerprint density at radius 3 is 2.61 bits per heavy atom. The SMILES string of the molecule is CC(=Nc1cnc(-c2ccc([N+](=O)[O-])o2)nc1)N1CCOCC1. The van der Waals surface area contributed by atoms with Gasteiger partial charge in [0.25, 0.3) is 0 Å². The maximum Gasteiger partial charge on any atom is 0.433 e. The molecule has 3 heterocycles. The molecular weight excluding hydrogens is 302 g/mol. The molecule has 23 heavy (non-hydrogen) atoms. The molecule has 1 aliphatic rings. The molecule has 1 aliphatic heterocycles. The number of furan rings is 1. The van der Waals surface area contributed by atoms with E-state index in [0.29, 0.717) is 18.9 Å². The maximum absolute atomic E-state index is 10.6. The Labute approximate surface area is 131 Å². The quantitative estimate of drug-likeness (QED) is 0.369. The topological polar surface area (TPSA) is 107 Å². The highest BCUT2D eigenvalue weighted by atomic mass is 16.6. The van der Waals surface area contributed by atoms with Crippen molar-refractivity contribution in [2.45, 2.75) is 6.92 Å². The first-order chi connectivity index (χ1) is 11.1. The molecule has 0 N–H and O–H groups in total. The standard InChI is InChI=1S/C14H15N5O4/c1-10(18-4-6-22-7-5-18)17-11-8-15-14(16-9-11)12-2-3-13(23-12)19(20)21/h2-3,8-9H,4-7H2,1H3. The number of nitrogens with zero attached hydrogens (tertiary/aromatic N) is 5. The lowest BCUT2D eigenvalue weighted by Crippen LogP contribution is -2.39. The lowest BCUT2D eigenvalue weighted by Gasteiger charge is -2.28. The van der Waals surface area contributed by atoms with Crippen LogP contribution in [0.2, 0.25) is 0 Å². The van der Waals surface area contributed by atoms with Gasteiger partial charge in [0, 0.05) is 13.1 Å². The Balaban J connectivity index is 1.74. The van der Waals surface area contributed by atoms with Crippen molar-refractivity contribution in [2.24, 2.45) is 4.99 Å². The van der Waals surface area contributed by atoms with Crippen LogP contribution < -0.4 is 0 Å². The number of rotatable bonds is 3. The number of nitro groups is 1. The number of aromatic nitrogens is 2. The average molecular weight is 317 g/mol. The summed E-state index contributed by atoms with van der Waals surface area (Å²) in [5.74, 6) is 1.06. The van der Waals surface area contributed by atoms with Gasteiger partial charge in [0.1, 0.15) is 16.4 Å². The van der Waals surface area contributed by atoms with E-state index >= 15 is 0 Å².